The average molecular weight is 370 g/mol. The van der Waals surface area contributed by atoms with Crippen LogP contribution in [0.25, 0.3) is 10.9 Å². The van der Waals surface area contributed by atoms with Crippen LogP contribution in [0.5, 0.6) is 0 Å². The third kappa shape index (κ3) is 1.52. The first-order valence-electron chi connectivity index (χ1n) is 3.69. The molecule has 1 aromatic carbocycles. The van der Waals surface area contributed by atoms with Gasteiger partial charge in [0, 0.05) is 19.6 Å². The maximum absolute atomic E-state index is 13.2. The van der Waals surface area contributed by atoms with Gasteiger partial charge in [0.15, 0.2) is 11.6 Å². The van der Waals surface area contributed by atoms with Gasteiger partial charge in [-0.2, -0.15) is 0 Å². The fourth-order valence-electron chi connectivity index (χ4n) is 1.15. The van der Waals surface area contributed by atoms with Crippen molar-refractivity contribution in [3.8, 4) is 0 Å². The van der Waals surface area contributed by atoms with E-state index < -0.39 is 11.6 Å². The predicted molar refractivity (Wildman–Crippen MR) is 62.1 cm³/mol. The van der Waals surface area contributed by atoms with Crippen LogP contribution < -0.4 is 0 Å². The third-order valence-corrected chi connectivity index (χ3v) is 4.24. The van der Waals surface area contributed by atoms with E-state index >= 15 is 0 Å². The Morgan fingerprint density at radius 1 is 1.29 bits per heavy atom. The topological polar surface area (TPSA) is 12.9 Å². The van der Waals surface area contributed by atoms with Crippen LogP contribution in [0.2, 0.25) is 0 Å². The zero-order valence-corrected chi connectivity index (χ0v) is 10.4. The first kappa shape index (κ1) is 10.2. The van der Waals surface area contributed by atoms with E-state index in [0.29, 0.717) is 5.39 Å². The highest BCUT2D eigenvalue weighted by Gasteiger charge is 2.11. The largest absolute Gasteiger partial charge is 0.252 e. The lowest BCUT2D eigenvalue weighted by Gasteiger charge is -2.03. The van der Waals surface area contributed by atoms with Gasteiger partial charge in [-0.1, -0.05) is 0 Å². The Hall–Kier alpha value is -0.300. The quantitative estimate of drug-likeness (QED) is 0.642. The summed E-state index contributed by atoms with van der Waals surface area (Å²) in [6.45, 7) is 0. The molecule has 0 spiro atoms. The molecule has 5 heteroatoms. The molecule has 0 amide bonds. The minimum Gasteiger partial charge on any atom is -0.252 e. The van der Waals surface area contributed by atoms with E-state index in [2.05, 4.69) is 43.5 Å². The molecule has 0 aliphatic carbocycles. The molecule has 1 aromatic heterocycles. The summed E-state index contributed by atoms with van der Waals surface area (Å²) in [5.74, 6) is -1.78. The number of fused-ring (bicyclic) bond motifs is 1. The second kappa shape index (κ2) is 3.69. The smallest absolute Gasteiger partial charge is 0.185 e. The summed E-state index contributed by atoms with van der Waals surface area (Å²) in [6.07, 6.45) is 1.50. The van der Waals surface area contributed by atoms with Crippen LogP contribution in [-0.2, 0) is 0 Å². The highest BCUT2D eigenvalue weighted by Crippen LogP contribution is 2.29. The van der Waals surface area contributed by atoms with Crippen molar-refractivity contribution in [1.29, 1.82) is 0 Å². The summed E-state index contributed by atoms with van der Waals surface area (Å²) < 4.78 is 27.7. The SMILES string of the molecule is Fc1ccc2c(Br)c(I)cnc2c1F. The first-order chi connectivity index (χ1) is 6.61. The molecule has 72 valence electrons. The molecule has 0 bridgehead atoms. The predicted octanol–water partition coefficient (Wildman–Crippen LogP) is 3.88. The van der Waals surface area contributed by atoms with Crippen molar-refractivity contribution in [2.75, 3.05) is 0 Å². The van der Waals surface area contributed by atoms with E-state index in [4.69, 9.17) is 0 Å². The van der Waals surface area contributed by atoms with Crippen molar-refractivity contribution in [1.82, 2.24) is 4.98 Å². The summed E-state index contributed by atoms with van der Waals surface area (Å²) in [5, 5.41) is 0.579. The lowest BCUT2D eigenvalue weighted by atomic mass is 10.2. The fraction of sp³-hybridized carbons (Fsp3) is 0. The van der Waals surface area contributed by atoms with Gasteiger partial charge < -0.3 is 0 Å². The summed E-state index contributed by atoms with van der Waals surface area (Å²) in [7, 11) is 0. The number of pyridine rings is 1. The van der Waals surface area contributed by atoms with Crippen LogP contribution in [0.1, 0.15) is 0 Å². The highest BCUT2D eigenvalue weighted by atomic mass is 127. The number of hydrogen-bond donors (Lipinski definition) is 0. The number of hydrogen-bond acceptors (Lipinski definition) is 1. The van der Waals surface area contributed by atoms with Crippen molar-refractivity contribution in [3.05, 3.63) is 38.0 Å². The van der Waals surface area contributed by atoms with Crippen LogP contribution in [0.4, 0.5) is 8.78 Å². The van der Waals surface area contributed by atoms with Gasteiger partial charge in [-0.15, -0.1) is 0 Å². The van der Waals surface area contributed by atoms with Gasteiger partial charge in [0.25, 0.3) is 0 Å². The summed E-state index contributed by atoms with van der Waals surface area (Å²) in [6, 6.07) is 2.60. The van der Waals surface area contributed by atoms with Crippen LogP contribution >= 0.6 is 38.5 Å². The molecular formula is C9H3BrF2IN. The first-order valence-corrected chi connectivity index (χ1v) is 5.56. The Morgan fingerprint density at radius 2 is 2.00 bits per heavy atom. The summed E-state index contributed by atoms with van der Waals surface area (Å²) in [4.78, 5) is 3.85. The molecule has 0 unspecified atom stereocenters. The summed E-state index contributed by atoms with van der Waals surface area (Å²) in [5.41, 5.74) is 0.0530. The molecular weight excluding hydrogens is 367 g/mol. The van der Waals surface area contributed by atoms with Gasteiger partial charge in [-0.3, -0.25) is 4.98 Å². The van der Waals surface area contributed by atoms with Crippen molar-refractivity contribution >= 4 is 49.4 Å². The Bertz CT molecular complexity index is 468. The van der Waals surface area contributed by atoms with Crippen LogP contribution in [-0.4, -0.2) is 4.98 Å². The van der Waals surface area contributed by atoms with E-state index in [-0.39, 0.29) is 5.52 Å². The van der Waals surface area contributed by atoms with Crippen molar-refractivity contribution in [3.63, 3.8) is 0 Å². The number of nitrogens with zero attached hydrogens (tertiary/aromatic N) is 1. The maximum atomic E-state index is 13.2. The highest BCUT2D eigenvalue weighted by molar-refractivity contribution is 14.1. The second-order valence-electron chi connectivity index (χ2n) is 2.68. The molecule has 0 fully saturated rings. The van der Waals surface area contributed by atoms with E-state index in [0.717, 1.165) is 14.1 Å². The average Bonchev–Trinajstić information content (AvgIpc) is 2.17. The van der Waals surface area contributed by atoms with Gasteiger partial charge in [0.05, 0.1) is 0 Å². The molecule has 2 aromatic rings. The van der Waals surface area contributed by atoms with Crippen LogP contribution in [0.15, 0.2) is 22.8 Å². The summed E-state index contributed by atoms with van der Waals surface area (Å²) >= 11 is 5.37. The molecule has 0 saturated carbocycles. The molecule has 0 radical (unpaired) electrons. The molecule has 0 aliphatic heterocycles. The normalized spacial score (nSPS) is 10.9. The molecule has 2 rings (SSSR count). The van der Waals surface area contributed by atoms with Gasteiger partial charge in [0.1, 0.15) is 5.52 Å². The van der Waals surface area contributed by atoms with E-state index in [9.17, 15) is 8.78 Å². The van der Waals surface area contributed by atoms with E-state index in [1.165, 1.54) is 12.3 Å². The lowest BCUT2D eigenvalue weighted by Crippen LogP contribution is -1.91. The Morgan fingerprint density at radius 3 is 2.71 bits per heavy atom. The van der Waals surface area contributed by atoms with E-state index in [1.54, 1.807) is 0 Å². The molecule has 1 nitrogen and oxygen atoms in total. The van der Waals surface area contributed by atoms with E-state index in [1.807, 2.05) is 0 Å². The van der Waals surface area contributed by atoms with Gasteiger partial charge in [0.2, 0.25) is 0 Å². The maximum Gasteiger partial charge on any atom is 0.185 e. The minimum absolute atomic E-state index is 0.0530. The van der Waals surface area contributed by atoms with Gasteiger partial charge in [-0.05, 0) is 50.7 Å². The zero-order valence-electron chi connectivity index (χ0n) is 6.69. The van der Waals surface area contributed by atoms with Crippen LogP contribution in [0.3, 0.4) is 0 Å². The minimum atomic E-state index is -0.903. The number of rotatable bonds is 0. The monoisotopic (exact) mass is 369 g/mol. The molecule has 0 atom stereocenters. The Kier molecular flexibility index (Phi) is 2.70. The lowest BCUT2D eigenvalue weighted by molar-refractivity contribution is 0.515. The number of benzene rings is 1. The van der Waals surface area contributed by atoms with Crippen molar-refractivity contribution in [2.45, 2.75) is 0 Å². The second-order valence-corrected chi connectivity index (χ2v) is 4.63. The standard InChI is InChI=1S/C9H3BrF2IN/c10-7-4-1-2-5(11)8(12)9(4)14-3-6(7)13/h1-3H. The fourth-order valence-corrected chi connectivity index (χ4v) is 2.00. The zero-order chi connectivity index (χ0) is 10.3. The third-order valence-electron chi connectivity index (χ3n) is 1.82. The number of halogens is 4. The molecule has 0 aliphatic rings. The van der Waals surface area contributed by atoms with Crippen molar-refractivity contribution in [2.24, 2.45) is 0 Å². The molecule has 14 heavy (non-hydrogen) atoms. The van der Waals surface area contributed by atoms with Crippen LogP contribution in [0, 0.1) is 15.2 Å². The molecule has 0 saturated heterocycles. The van der Waals surface area contributed by atoms with Gasteiger partial charge in [-0.25, -0.2) is 8.78 Å². The van der Waals surface area contributed by atoms with Gasteiger partial charge >= 0.3 is 0 Å². The number of aromatic nitrogens is 1. The molecule has 0 N–H and O–H groups in total. The Balaban J connectivity index is 2.94. The Labute approximate surface area is 101 Å². The molecule has 1 heterocycles. The van der Waals surface area contributed by atoms with Crippen molar-refractivity contribution < 1.29 is 8.78 Å².